The van der Waals surface area contributed by atoms with Crippen molar-refractivity contribution in [2.45, 2.75) is 44.9 Å². The Morgan fingerprint density at radius 3 is 2.55 bits per heavy atom. The number of sulfonamides is 1. The molecular weight excluding hydrogens is 270 g/mol. The molecule has 0 saturated heterocycles. The van der Waals surface area contributed by atoms with Gasteiger partial charge in [0.15, 0.2) is 0 Å². The molecule has 4 heteroatoms. The van der Waals surface area contributed by atoms with Crippen LogP contribution in [0.3, 0.4) is 0 Å². The fraction of sp³-hybridized carbons (Fsp3) is 0.438. The fourth-order valence-corrected chi connectivity index (χ4v) is 2.68. The van der Waals surface area contributed by atoms with Gasteiger partial charge in [-0.15, -0.1) is 5.73 Å². The van der Waals surface area contributed by atoms with Gasteiger partial charge in [0, 0.05) is 6.54 Å². The van der Waals surface area contributed by atoms with Gasteiger partial charge in [-0.05, 0) is 50.5 Å². The first kappa shape index (κ1) is 16.7. The lowest BCUT2D eigenvalue weighted by Gasteiger charge is -2.06. The molecule has 3 nitrogen and oxygen atoms in total. The monoisotopic (exact) mass is 293 g/mol. The number of aryl methyl sites for hydroxylation is 1. The Balaban J connectivity index is 2.64. The summed E-state index contributed by atoms with van der Waals surface area (Å²) in [5.41, 5.74) is 5.04. The molecule has 1 N–H and O–H groups in total. The first-order valence-corrected chi connectivity index (χ1v) is 8.41. The van der Waals surface area contributed by atoms with Crippen molar-refractivity contribution in [3.63, 3.8) is 0 Å². The second-order valence-electron chi connectivity index (χ2n) is 4.91. The van der Waals surface area contributed by atoms with Crippen molar-refractivity contribution in [3.05, 3.63) is 47.2 Å². The highest BCUT2D eigenvalue weighted by atomic mass is 32.2. The number of hydrogen-bond acceptors (Lipinski definition) is 2. The van der Waals surface area contributed by atoms with Crippen molar-refractivity contribution in [2.75, 3.05) is 6.54 Å². The molecular formula is C16H23NO2S. The molecule has 1 rings (SSSR count). The topological polar surface area (TPSA) is 46.2 Å². The van der Waals surface area contributed by atoms with Crippen molar-refractivity contribution in [1.82, 2.24) is 4.72 Å². The van der Waals surface area contributed by atoms with Gasteiger partial charge in [-0.25, -0.2) is 13.1 Å². The number of rotatable bonds is 7. The summed E-state index contributed by atoms with van der Waals surface area (Å²) in [4.78, 5) is 0.297. The largest absolute Gasteiger partial charge is 0.240 e. The standard InChI is InChI=1S/C16H23NO2S/c1-4-5-6-7-8-15(3)13-17-20(18,19)16-11-9-14(2)10-12-16/h7,9-12,17H,4-6,13H2,1-3H3. The molecule has 0 fully saturated rings. The van der Waals surface area contributed by atoms with Crippen LogP contribution >= 0.6 is 0 Å². The molecule has 0 unspecified atom stereocenters. The van der Waals surface area contributed by atoms with Gasteiger partial charge in [-0.3, -0.25) is 0 Å². The van der Waals surface area contributed by atoms with Gasteiger partial charge in [0.25, 0.3) is 0 Å². The third-order valence-corrected chi connectivity index (χ3v) is 4.33. The summed E-state index contributed by atoms with van der Waals surface area (Å²) in [6.45, 7) is 6.23. The molecule has 0 aromatic heterocycles. The molecule has 0 aliphatic heterocycles. The minimum Gasteiger partial charge on any atom is -0.207 e. The number of hydrogen-bond donors (Lipinski definition) is 1. The van der Waals surface area contributed by atoms with Gasteiger partial charge in [-0.2, -0.15) is 0 Å². The van der Waals surface area contributed by atoms with Crippen LogP contribution in [0.2, 0.25) is 0 Å². The predicted molar refractivity (Wildman–Crippen MR) is 83.2 cm³/mol. The Morgan fingerprint density at radius 1 is 1.30 bits per heavy atom. The van der Waals surface area contributed by atoms with Crippen molar-refractivity contribution >= 4 is 10.0 Å². The first-order chi connectivity index (χ1) is 9.45. The number of benzene rings is 1. The highest BCUT2D eigenvalue weighted by Gasteiger charge is 2.12. The van der Waals surface area contributed by atoms with Crippen LogP contribution in [0.15, 0.2) is 46.5 Å². The molecule has 0 radical (unpaired) electrons. The Bertz CT molecular complexity index is 579. The van der Waals surface area contributed by atoms with E-state index in [0.717, 1.165) is 30.4 Å². The molecule has 0 heterocycles. The summed E-state index contributed by atoms with van der Waals surface area (Å²) in [5, 5.41) is 0. The van der Waals surface area contributed by atoms with E-state index in [9.17, 15) is 8.42 Å². The zero-order chi connectivity index (χ0) is 15.0. The van der Waals surface area contributed by atoms with E-state index in [1.807, 2.05) is 19.9 Å². The zero-order valence-electron chi connectivity index (χ0n) is 12.4. The second kappa shape index (κ2) is 8.05. The lowest BCUT2D eigenvalue weighted by atomic mass is 10.2. The van der Waals surface area contributed by atoms with E-state index in [0.29, 0.717) is 11.4 Å². The van der Waals surface area contributed by atoms with Crippen molar-refractivity contribution in [2.24, 2.45) is 0 Å². The van der Waals surface area contributed by atoms with Crippen LogP contribution in [0.4, 0.5) is 0 Å². The SMILES string of the molecule is CCCCC=C=C(C)CNS(=O)(=O)c1ccc(C)cc1. The summed E-state index contributed by atoms with van der Waals surface area (Å²) in [5.74, 6) is 0. The maximum Gasteiger partial charge on any atom is 0.240 e. The van der Waals surface area contributed by atoms with Gasteiger partial charge in [0.05, 0.1) is 4.90 Å². The van der Waals surface area contributed by atoms with E-state index in [2.05, 4.69) is 17.4 Å². The van der Waals surface area contributed by atoms with Crippen LogP contribution in [0.25, 0.3) is 0 Å². The van der Waals surface area contributed by atoms with Crippen molar-refractivity contribution in [3.8, 4) is 0 Å². The fourth-order valence-electron chi connectivity index (χ4n) is 1.61. The zero-order valence-corrected chi connectivity index (χ0v) is 13.3. The number of nitrogens with one attached hydrogen (secondary N) is 1. The van der Waals surface area contributed by atoms with E-state index in [-0.39, 0.29) is 0 Å². The highest BCUT2D eigenvalue weighted by Crippen LogP contribution is 2.09. The molecule has 0 aliphatic rings. The third kappa shape index (κ3) is 5.74. The van der Waals surface area contributed by atoms with Gasteiger partial charge in [0.2, 0.25) is 10.0 Å². The molecule has 0 atom stereocenters. The minimum atomic E-state index is -3.43. The Kier molecular flexibility index (Phi) is 6.73. The van der Waals surface area contributed by atoms with E-state index in [4.69, 9.17) is 0 Å². The van der Waals surface area contributed by atoms with E-state index in [1.54, 1.807) is 24.3 Å². The van der Waals surface area contributed by atoms with Crippen LogP contribution in [-0.2, 0) is 10.0 Å². The van der Waals surface area contributed by atoms with Gasteiger partial charge >= 0.3 is 0 Å². The lowest BCUT2D eigenvalue weighted by Crippen LogP contribution is -2.25. The van der Waals surface area contributed by atoms with Crippen LogP contribution in [0.1, 0.15) is 38.7 Å². The molecule has 0 amide bonds. The lowest BCUT2D eigenvalue weighted by molar-refractivity contribution is 0.584. The van der Waals surface area contributed by atoms with Gasteiger partial charge in [0.1, 0.15) is 0 Å². The van der Waals surface area contributed by atoms with Gasteiger partial charge < -0.3 is 0 Å². The Labute approximate surface area is 122 Å². The maximum atomic E-state index is 12.1. The summed E-state index contributed by atoms with van der Waals surface area (Å²) >= 11 is 0. The molecule has 20 heavy (non-hydrogen) atoms. The Morgan fingerprint density at radius 2 is 1.95 bits per heavy atom. The van der Waals surface area contributed by atoms with E-state index < -0.39 is 10.0 Å². The van der Waals surface area contributed by atoms with E-state index in [1.165, 1.54) is 0 Å². The van der Waals surface area contributed by atoms with Crippen LogP contribution in [0, 0.1) is 6.92 Å². The second-order valence-corrected chi connectivity index (χ2v) is 6.68. The van der Waals surface area contributed by atoms with Crippen molar-refractivity contribution in [1.29, 1.82) is 0 Å². The minimum absolute atomic E-state index is 0.291. The molecule has 0 spiro atoms. The van der Waals surface area contributed by atoms with Crippen LogP contribution in [-0.4, -0.2) is 15.0 Å². The molecule has 0 bridgehead atoms. The average molecular weight is 293 g/mol. The molecule has 1 aromatic carbocycles. The number of unbranched alkanes of at least 4 members (excludes halogenated alkanes) is 2. The smallest absolute Gasteiger partial charge is 0.207 e. The summed E-state index contributed by atoms with van der Waals surface area (Å²) in [6, 6.07) is 6.82. The summed E-state index contributed by atoms with van der Waals surface area (Å²) in [7, 11) is -3.43. The quantitative estimate of drug-likeness (QED) is 0.617. The highest BCUT2D eigenvalue weighted by molar-refractivity contribution is 7.89. The molecule has 110 valence electrons. The molecule has 0 aliphatic carbocycles. The van der Waals surface area contributed by atoms with Crippen LogP contribution in [0.5, 0.6) is 0 Å². The van der Waals surface area contributed by atoms with Crippen LogP contribution < -0.4 is 4.72 Å². The predicted octanol–water partition coefficient (Wildman–Crippen LogP) is 3.56. The van der Waals surface area contributed by atoms with E-state index >= 15 is 0 Å². The Hall–Kier alpha value is -1.35. The summed E-state index contributed by atoms with van der Waals surface area (Å²) < 4.78 is 26.7. The molecule has 0 saturated carbocycles. The summed E-state index contributed by atoms with van der Waals surface area (Å²) in [6.07, 6.45) is 5.24. The maximum absolute atomic E-state index is 12.1. The normalized spacial score (nSPS) is 10.9. The first-order valence-electron chi connectivity index (χ1n) is 6.92. The van der Waals surface area contributed by atoms with Crippen molar-refractivity contribution < 1.29 is 8.42 Å². The molecule has 1 aromatic rings. The van der Waals surface area contributed by atoms with Gasteiger partial charge in [-0.1, -0.05) is 31.0 Å². The third-order valence-electron chi connectivity index (χ3n) is 2.91. The average Bonchev–Trinajstić information content (AvgIpc) is 2.42.